The Hall–Kier alpha value is -2.33. The van der Waals surface area contributed by atoms with Crippen molar-refractivity contribution in [2.75, 3.05) is 13.1 Å². The van der Waals surface area contributed by atoms with Crippen LogP contribution in [0.2, 0.25) is 0 Å². The second kappa shape index (κ2) is 6.41. The van der Waals surface area contributed by atoms with Gasteiger partial charge >= 0.3 is 0 Å². The van der Waals surface area contributed by atoms with Crippen LogP contribution in [0.3, 0.4) is 0 Å². The summed E-state index contributed by atoms with van der Waals surface area (Å²) in [6.45, 7) is 4.26. The zero-order valence-corrected chi connectivity index (χ0v) is 12.1. The number of hydrogen-bond donors (Lipinski definition) is 1. The third-order valence-corrected chi connectivity index (χ3v) is 3.41. The van der Waals surface area contributed by atoms with E-state index in [1.807, 2.05) is 41.5 Å². The van der Waals surface area contributed by atoms with Gasteiger partial charge in [-0.25, -0.2) is 10.1 Å². The van der Waals surface area contributed by atoms with Gasteiger partial charge in [-0.3, -0.25) is 4.84 Å². The molecule has 0 spiro atoms. The molecule has 1 saturated heterocycles. The maximum absolute atomic E-state index is 5.85. The highest BCUT2D eigenvalue weighted by molar-refractivity contribution is 5.83. The predicted molar refractivity (Wildman–Crippen MR) is 84.2 cm³/mol. The van der Waals surface area contributed by atoms with Crippen molar-refractivity contribution in [3.63, 3.8) is 0 Å². The predicted octanol–water partition coefficient (Wildman–Crippen LogP) is 3.02. The summed E-state index contributed by atoms with van der Waals surface area (Å²) >= 11 is 0. The molecule has 0 amide bonds. The number of rotatable bonds is 4. The molecule has 0 unspecified atom stereocenters. The zero-order valence-electron chi connectivity index (χ0n) is 12.1. The van der Waals surface area contributed by atoms with Gasteiger partial charge in [0.1, 0.15) is 6.61 Å². The maximum atomic E-state index is 5.85. The highest BCUT2D eigenvalue weighted by Gasteiger charge is 2.19. The summed E-state index contributed by atoms with van der Waals surface area (Å²) in [7, 11) is 0. The summed E-state index contributed by atoms with van der Waals surface area (Å²) in [5.74, 6) is 0.778. The molecule has 108 valence electrons. The normalized spacial score (nSPS) is 16.2. The fraction of sp³-hybridized carbons (Fsp3) is 0.235. The molecule has 1 fully saturated rings. The van der Waals surface area contributed by atoms with E-state index in [1.54, 1.807) is 0 Å². The van der Waals surface area contributed by atoms with E-state index in [4.69, 9.17) is 4.84 Å². The van der Waals surface area contributed by atoms with E-state index in [0.717, 1.165) is 35.9 Å². The van der Waals surface area contributed by atoms with Crippen molar-refractivity contribution < 1.29 is 4.84 Å². The molecule has 2 aromatic rings. The number of aryl methyl sites for hydroxylation is 1. The van der Waals surface area contributed by atoms with E-state index in [2.05, 4.69) is 35.4 Å². The van der Waals surface area contributed by atoms with Gasteiger partial charge in [0, 0.05) is 6.54 Å². The van der Waals surface area contributed by atoms with Gasteiger partial charge in [-0.05, 0) is 24.1 Å². The minimum absolute atomic E-state index is 0.551. The SMILES string of the molecule is Cc1ccccc1/N=C1\NCCN1OCc1ccccc1. The number of aliphatic imine (C=N–C) groups is 1. The lowest BCUT2D eigenvalue weighted by Gasteiger charge is -2.17. The van der Waals surface area contributed by atoms with E-state index >= 15 is 0 Å². The lowest BCUT2D eigenvalue weighted by Crippen LogP contribution is -2.30. The number of hydroxylamine groups is 2. The highest BCUT2D eigenvalue weighted by atomic mass is 16.7. The topological polar surface area (TPSA) is 36.9 Å². The van der Waals surface area contributed by atoms with Gasteiger partial charge in [0.15, 0.2) is 0 Å². The van der Waals surface area contributed by atoms with Crippen molar-refractivity contribution in [1.82, 2.24) is 10.4 Å². The Labute approximate surface area is 125 Å². The van der Waals surface area contributed by atoms with E-state index in [-0.39, 0.29) is 0 Å². The summed E-state index contributed by atoms with van der Waals surface area (Å²) < 4.78 is 0. The Morgan fingerprint density at radius 2 is 1.86 bits per heavy atom. The van der Waals surface area contributed by atoms with Crippen molar-refractivity contribution in [3.8, 4) is 0 Å². The molecule has 0 aliphatic carbocycles. The Bertz CT molecular complexity index is 625. The summed E-state index contributed by atoms with van der Waals surface area (Å²) in [6.07, 6.45) is 0. The van der Waals surface area contributed by atoms with Crippen molar-refractivity contribution in [3.05, 3.63) is 65.7 Å². The van der Waals surface area contributed by atoms with E-state index < -0.39 is 0 Å². The quantitative estimate of drug-likeness (QED) is 0.936. The second-order valence-electron chi connectivity index (χ2n) is 5.01. The Kier molecular flexibility index (Phi) is 4.17. The molecule has 2 aromatic carbocycles. The average Bonchev–Trinajstić information content (AvgIpc) is 2.96. The summed E-state index contributed by atoms with van der Waals surface area (Å²) in [6, 6.07) is 18.2. The summed E-state index contributed by atoms with van der Waals surface area (Å²) in [5, 5.41) is 5.10. The summed E-state index contributed by atoms with van der Waals surface area (Å²) in [4.78, 5) is 10.5. The van der Waals surface area contributed by atoms with Crippen molar-refractivity contribution in [2.45, 2.75) is 13.5 Å². The van der Waals surface area contributed by atoms with Crippen molar-refractivity contribution in [1.29, 1.82) is 0 Å². The fourth-order valence-corrected chi connectivity index (χ4v) is 2.21. The first-order valence-electron chi connectivity index (χ1n) is 7.15. The van der Waals surface area contributed by atoms with Crippen molar-refractivity contribution >= 4 is 11.6 Å². The van der Waals surface area contributed by atoms with E-state index in [0.29, 0.717) is 6.61 Å². The van der Waals surface area contributed by atoms with Crippen LogP contribution in [0.1, 0.15) is 11.1 Å². The molecular weight excluding hydrogens is 262 g/mol. The number of nitrogens with zero attached hydrogens (tertiary/aromatic N) is 2. The molecular formula is C17H19N3O. The molecule has 4 nitrogen and oxygen atoms in total. The molecule has 1 heterocycles. The van der Waals surface area contributed by atoms with Crippen LogP contribution in [0.4, 0.5) is 5.69 Å². The lowest BCUT2D eigenvalue weighted by atomic mass is 10.2. The molecule has 21 heavy (non-hydrogen) atoms. The summed E-state index contributed by atoms with van der Waals surface area (Å²) in [5.41, 5.74) is 3.27. The fourth-order valence-electron chi connectivity index (χ4n) is 2.21. The van der Waals surface area contributed by atoms with Crippen molar-refractivity contribution in [2.24, 2.45) is 4.99 Å². The van der Waals surface area contributed by atoms with Crippen LogP contribution in [-0.2, 0) is 11.4 Å². The molecule has 1 aliphatic heterocycles. The van der Waals surface area contributed by atoms with E-state index in [1.165, 1.54) is 0 Å². The molecule has 1 aliphatic rings. The van der Waals surface area contributed by atoms with Crippen LogP contribution in [-0.4, -0.2) is 24.1 Å². The van der Waals surface area contributed by atoms with Crippen LogP contribution in [0, 0.1) is 6.92 Å². The van der Waals surface area contributed by atoms with Crippen LogP contribution in [0.5, 0.6) is 0 Å². The first-order valence-corrected chi connectivity index (χ1v) is 7.15. The maximum Gasteiger partial charge on any atom is 0.223 e. The molecule has 0 saturated carbocycles. The standard InChI is InChI=1S/C17H19N3O/c1-14-7-5-6-10-16(14)19-17-18-11-12-20(17)21-13-15-8-3-2-4-9-15/h2-10H,11-13H2,1H3,(H,18,19). The Morgan fingerprint density at radius 3 is 2.67 bits per heavy atom. The smallest absolute Gasteiger partial charge is 0.223 e. The molecule has 4 heteroatoms. The first kappa shape index (κ1) is 13.6. The van der Waals surface area contributed by atoms with Gasteiger partial charge < -0.3 is 5.32 Å². The van der Waals surface area contributed by atoms with Crippen LogP contribution in [0.15, 0.2) is 59.6 Å². The minimum atomic E-state index is 0.551. The average molecular weight is 281 g/mol. The number of para-hydroxylation sites is 1. The Balaban J connectivity index is 1.69. The number of nitrogens with one attached hydrogen (secondary N) is 1. The minimum Gasteiger partial charge on any atom is -0.352 e. The van der Waals surface area contributed by atoms with Crippen LogP contribution in [0.25, 0.3) is 0 Å². The van der Waals surface area contributed by atoms with Gasteiger partial charge in [-0.2, -0.15) is 0 Å². The van der Waals surface area contributed by atoms with Gasteiger partial charge in [-0.15, -0.1) is 0 Å². The monoisotopic (exact) mass is 281 g/mol. The largest absolute Gasteiger partial charge is 0.352 e. The van der Waals surface area contributed by atoms with Gasteiger partial charge in [0.05, 0.1) is 12.2 Å². The number of guanidine groups is 1. The van der Waals surface area contributed by atoms with E-state index in [9.17, 15) is 0 Å². The van der Waals surface area contributed by atoms with Gasteiger partial charge in [0.25, 0.3) is 0 Å². The highest BCUT2D eigenvalue weighted by Crippen LogP contribution is 2.18. The third kappa shape index (κ3) is 3.41. The number of hydrogen-bond acceptors (Lipinski definition) is 2. The first-order chi connectivity index (χ1) is 10.3. The molecule has 0 bridgehead atoms. The molecule has 0 atom stereocenters. The molecule has 0 radical (unpaired) electrons. The van der Waals surface area contributed by atoms with Gasteiger partial charge in [-0.1, -0.05) is 48.5 Å². The molecule has 0 aromatic heterocycles. The Morgan fingerprint density at radius 1 is 1.10 bits per heavy atom. The second-order valence-corrected chi connectivity index (χ2v) is 5.01. The lowest BCUT2D eigenvalue weighted by molar-refractivity contribution is -0.102. The van der Waals surface area contributed by atoms with Crippen LogP contribution < -0.4 is 5.32 Å². The van der Waals surface area contributed by atoms with Gasteiger partial charge in [0.2, 0.25) is 5.96 Å². The number of benzene rings is 2. The molecule has 1 N–H and O–H groups in total. The molecule has 3 rings (SSSR count). The van der Waals surface area contributed by atoms with Crippen LogP contribution >= 0.6 is 0 Å². The third-order valence-electron chi connectivity index (χ3n) is 3.41. The zero-order chi connectivity index (χ0) is 14.5.